The molecule has 1 saturated carbocycles. The van der Waals surface area contributed by atoms with E-state index in [9.17, 15) is 0 Å². The van der Waals surface area contributed by atoms with Gasteiger partial charge in [0.15, 0.2) is 0 Å². The van der Waals surface area contributed by atoms with Gasteiger partial charge in [0.05, 0.1) is 6.61 Å². The highest BCUT2D eigenvalue weighted by Crippen LogP contribution is 2.34. The molecule has 0 spiro atoms. The zero-order chi connectivity index (χ0) is 13.5. The Morgan fingerprint density at radius 2 is 1.95 bits per heavy atom. The number of hydrogen-bond donors (Lipinski definition) is 1. The van der Waals surface area contributed by atoms with Crippen LogP contribution in [0.3, 0.4) is 0 Å². The maximum absolute atomic E-state index is 5.63. The van der Waals surface area contributed by atoms with Crippen LogP contribution >= 0.6 is 0 Å². The largest absolute Gasteiger partial charge is 0.494 e. The fourth-order valence-corrected chi connectivity index (χ4v) is 3.28. The predicted molar refractivity (Wildman–Crippen MR) is 80.6 cm³/mol. The van der Waals surface area contributed by atoms with Crippen molar-refractivity contribution in [2.75, 3.05) is 13.7 Å². The number of nitrogens with one attached hydrogen (secondary N) is 1. The molecule has 0 radical (unpaired) electrons. The molecule has 1 aromatic carbocycles. The van der Waals surface area contributed by atoms with Crippen molar-refractivity contribution in [3.8, 4) is 5.75 Å². The van der Waals surface area contributed by atoms with Gasteiger partial charge in [0.25, 0.3) is 0 Å². The highest BCUT2D eigenvalue weighted by atomic mass is 16.5. The van der Waals surface area contributed by atoms with Crippen molar-refractivity contribution >= 4 is 0 Å². The van der Waals surface area contributed by atoms with Crippen LogP contribution in [0.2, 0.25) is 0 Å². The zero-order valence-corrected chi connectivity index (χ0v) is 12.3. The highest BCUT2D eigenvalue weighted by Gasteiger charge is 2.23. The van der Waals surface area contributed by atoms with E-state index in [-0.39, 0.29) is 0 Å². The Morgan fingerprint density at radius 1 is 1.21 bits per heavy atom. The third kappa shape index (κ3) is 3.97. The van der Waals surface area contributed by atoms with Gasteiger partial charge in [0.2, 0.25) is 0 Å². The lowest BCUT2D eigenvalue weighted by atomic mass is 9.87. The fourth-order valence-electron chi connectivity index (χ4n) is 3.28. The van der Waals surface area contributed by atoms with E-state index in [1.165, 1.54) is 44.1 Å². The van der Waals surface area contributed by atoms with Gasteiger partial charge in [-0.25, -0.2) is 0 Å². The van der Waals surface area contributed by atoms with Gasteiger partial charge in [-0.15, -0.1) is 0 Å². The molecule has 0 saturated heterocycles. The first-order valence-electron chi connectivity index (χ1n) is 7.75. The van der Waals surface area contributed by atoms with Crippen molar-refractivity contribution in [2.24, 2.45) is 5.92 Å². The molecule has 2 rings (SSSR count). The van der Waals surface area contributed by atoms with Gasteiger partial charge in [0.1, 0.15) is 5.75 Å². The van der Waals surface area contributed by atoms with Gasteiger partial charge in [-0.1, -0.05) is 37.8 Å². The standard InChI is InChI=1S/C17H27NO/c1-3-19-16-12-8-11-15(13-16)17(18-2)14-9-6-4-5-7-10-14/h8,11-14,17-18H,3-7,9-10H2,1-2H3. The average Bonchev–Trinajstić information content (AvgIpc) is 2.70. The summed E-state index contributed by atoms with van der Waals surface area (Å²) in [6.07, 6.45) is 8.29. The van der Waals surface area contributed by atoms with Gasteiger partial charge >= 0.3 is 0 Å². The van der Waals surface area contributed by atoms with E-state index in [0.29, 0.717) is 6.04 Å². The van der Waals surface area contributed by atoms with Gasteiger partial charge in [0, 0.05) is 6.04 Å². The minimum atomic E-state index is 0.471. The maximum atomic E-state index is 5.63. The summed E-state index contributed by atoms with van der Waals surface area (Å²) in [7, 11) is 2.09. The van der Waals surface area contributed by atoms with Crippen molar-refractivity contribution in [2.45, 2.75) is 51.5 Å². The van der Waals surface area contributed by atoms with E-state index >= 15 is 0 Å². The van der Waals surface area contributed by atoms with E-state index in [1.54, 1.807) is 0 Å². The molecule has 1 aliphatic rings. The molecule has 2 heteroatoms. The van der Waals surface area contributed by atoms with Crippen LogP contribution in [-0.4, -0.2) is 13.7 Å². The molecule has 0 aromatic heterocycles. The third-order valence-electron chi connectivity index (χ3n) is 4.21. The average molecular weight is 261 g/mol. The Morgan fingerprint density at radius 3 is 2.58 bits per heavy atom. The second-order valence-corrected chi connectivity index (χ2v) is 5.52. The van der Waals surface area contributed by atoms with Gasteiger partial charge in [-0.05, 0) is 50.4 Å². The lowest BCUT2D eigenvalue weighted by Gasteiger charge is -2.26. The van der Waals surface area contributed by atoms with Crippen LogP contribution < -0.4 is 10.1 Å². The van der Waals surface area contributed by atoms with Crippen LogP contribution in [0.4, 0.5) is 0 Å². The molecule has 1 fully saturated rings. The lowest BCUT2D eigenvalue weighted by molar-refractivity contribution is 0.329. The molecular formula is C17H27NO. The molecule has 0 aliphatic heterocycles. The van der Waals surface area contributed by atoms with E-state index in [2.05, 4.69) is 30.6 Å². The molecule has 0 bridgehead atoms. The Balaban J connectivity index is 2.13. The monoisotopic (exact) mass is 261 g/mol. The number of rotatable bonds is 5. The summed E-state index contributed by atoms with van der Waals surface area (Å²) in [4.78, 5) is 0. The van der Waals surface area contributed by atoms with Crippen LogP contribution in [-0.2, 0) is 0 Å². The molecule has 1 aromatic rings. The topological polar surface area (TPSA) is 21.3 Å². The van der Waals surface area contributed by atoms with Crippen LogP contribution in [0.25, 0.3) is 0 Å². The summed E-state index contributed by atoms with van der Waals surface area (Å²) in [5.41, 5.74) is 1.38. The van der Waals surface area contributed by atoms with Crippen molar-refractivity contribution < 1.29 is 4.74 Å². The van der Waals surface area contributed by atoms with E-state index in [0.717, 1.165) is 18.3 Å². The van der Waals surface area contributed by atoms with Crippen LogP contribution in [0.15, 0.2) is 24.3 Å². The predicted octanol–water partition coefficient (Wildman–Crippen LogP) is 4.32. The minimum Gasteiger partial charge on any atom is -0.494 e. The minimum absolute atomic E-state index is 0.471. The second kappa shape index (κ2) is 7.54. The fraction of sp³-hybridized carbons (Fsp3) is 0.647. The van der Waals surface area contributed by atoms with Crippen LogP contribution in [0.1, 0.15) is 57.1 Å². The van der Waals surface area contributed by atoms with Crippen LogP contribution in [0, 0.1) is 5.92 Å². The molecule has 106 valence electrons. The maximum Gasteiger partial charge on any atom is 0.119 e. The summed E-state index contributed by atoms with van der Waals surface area (Å²) < 4.78 is 5.63. The first kappa shape index (κ1) is 14.4. The molecule has 0 amide bonds. The van der Waals surface area contributed by atoms with E-state index in [4.69, 9.17) is 4.74 Å². The normalized spacial score (nSPS) is 18.8. The van der Waals surface area contributed by atoms with Gasteiger partial charge < -0.3 is 10.1 Å². The Hall–Kier alpha value is -1.02. The molecule has 19 heavy (non-hydrogen) atoms. The highest BCUT2D eigenvalue weighted by molar-refractivity contribution is 5.31. The zero-order valence-electron chi connectivity index (χ0n) is 12.3. The SMILES string of the molecule is CCOc1cccc(C(NC)C2CCCCCC2)c1. The number of ether oxygens (including phenoxy) is 1. The lowest BCUT2D eigenvalue weighted by Crippen LogP contribution is -2.25. The quantitative estimate of drug-likeness (QED) is 0.797. The number of hydrogen-bond acceptors (Lipinski definition) is 2. The molecule has 2 nitrogen and oxygen atoms in total. The van der Waals surface area contributed by atoms with Crippen molar-refractivity contribution in [1.82, 2.24) is 5.32 Å². The molecule has 1 N–H and O–H groups in total. The summed E-state index contributed by atoms with van der Waals surface area (Å²) >= 11 is 0. The Bertz CT molecular complexity index is 369. The third-order valence-corrected chi connectivity index (χ3v) is 4.21. The molecule has 1 aliphatic carbocycles. The van der Waals surface area contributed by atoms with Crippen molar-refractivity contribution in [1.29, 1.82) is 0 Å². The molecule has 1 atom stereocenters. The van der Waals surface area contributed by atoms with Crippen molar-refractivity contribution in [3.63, 3.8) is 0 Å². The molecular weight excluding hydrogens is 234 g/mol. The Kier molecular flexibility index (Phi) is 5.71. The van der Waals surface area contributed by atoms with E-state index in [1.807, 2.05) is 13.0 Å². The molecule has 0 heterocycles. The summed E-state index contributed by atoms with van der Waals surface area (Å²) in [6, 6.07) is 9.07. The van der Waals surface area contributed by atoms with Crippen LogP contribution in [0.5, 0.6) is 5.75 Å². The van der Waals surface area contributed by atoms with E-state index < -0.39 is 0 Å². The summed E-state index contributed by atoms with van der Waals surface area (Å²) in [5.74, 6) is 1.76. The van der Waals surface area contributed by atoms with Gasteiger partial charge in [-0.3, -0.25) is 0 Å². The van der Waals surface area contributed by atoms with Crippen molar-refractivity contribution in [3.05, 3.63) is 29.8 Å². The smallest absolute Gasteiger partial charge is 0.119 e. The summed E-state index contributed by atoms with van der Waals surface area (Å²) in [6.45, 7) is 2.77. The molecule has 1 unspecified atom stereocenters. The first-order valence-corrected chi connectivity index (χ1v) is 7.75. The Labute approximate surface area is 117 Å². The second-order valence-electron chi connectivity index (χ2n) is 5.52. The van der Waals surface area contributed by atoms with Gasteiger partial charge in [-0.2, -0.15) is 0 Å². The first-order chi connectivity index (χ1) is 9.35. The number of benzene rings is 1. The summed E-state index contributed by atoms with van der Waals surface area (Å²) in [5, 5.41) is 3.53.